The molecule has 1 amide bonds. The van der Waals surface area contributed by atoms with E-state index in [-0.39, 0.29) is 17.4 Å². The molecule has 0 aliphatic carbocycles. The summed E-state index contributed by atoms with van der Waals surface area (Å²) in [5.41, 5.74) is 2.08. The highest BCUT2D eigenvalue weighted by molar-refractivity contribution is 6.30. The highest BCUT2D eigenvalue weighted by Gasteiger charge is 2.15. The zero-order valence-electron chi connectivity index (χ0n) is 16.1. The molecule has 0 aromatic heterocycles. The van der Waals surface area contributed by atoms with Crippen molar-refractivity contribution in [3.8, 4) is 0 Å². The SMILES string of the molecule is CC(C)(C)OCCC(=O)NC[C@H](Cc1ccc(Cl)cc1)c1ccc(Cl)cc1. The van der Waals surface area contributed by atoms with E-state index >= 15 is 0 Å². The van der Waals surface area contributed by atoms with E-state index in [1.165, 1.54) is 5.56 Å². The molecular formula is C22H27Cl2NO2. The molecule has 0 bridgehead atoms. The van der Waals surface area contributed by atoms with Gasteiger partial charge in [0.25, 0.3) is 0 Å². The van der Waals surface area contributed by atoms with E-state index in [4.69, 9.17) is 27.9 Å². The van der Waals surface area contributed by atoms with Gasteiger partial charge in [0, 0.05) is 28.9 Å². The van der Waals surface area contributed by atoms with Crippen molar-refractivity contribution < 1.29 is 9.53 Å². The van der Waals surface area contributed by atoms with Gasteiger partial charge >= 0.3 is 0 Å². The lowest BCUT2D eigenvalue weighted by atomic mass is 9.92. The Balaban J connectivity index is 1.98. The summed E-state index contributed by atoms with van der Waals surface area (Å²) >= 11 is 12.0. The van der Waals surface area contributed by atoms with Crippen molar-refractivity contribution in [2.75, 3.05) is 13.2 Å². The molecule has 0 fully saturated rings. The number of hydrogen-bond donors (Lipinski definition) is 1. The van der Waals surface area contributed by atoms with Gasteiger partial charge in [-0.1, -0.05) is 47.5 Å². The first-order chi connectivity index (χ1) is 12.7. The fourth-order valence-electron chi connectivity index (χ4n) is 2.72. The van der Waals surface area contributed by atoms with Gasteiger partial charge in [-0.2, -0.15) is 0 Å². The Morgan fingerprint density at radius 1 is 1.00 bits per heavy atom. The minimum Gasteiger partial charge on any atom is -0.375 e. The number of amides is 1. The third-order valence-electron chi connectivity index (χ3n) is 4.15. The molecular weight excluding hydrogens is 381 g/mol. The summed E-state index contributed by atoms with van der Waals surface area (Å²) in [4.78, 5) is 12.2. The minimum atomic E-state index is -0.235. The van der Waals surface area contributed by atoms with Gasteiger partial charge in [-0.05, 0) is 62.6 Å². The predicted octanol–water partition coefficient (Wildman–Crippen LogP) is 5.64. The lowest BCUT2D eigenvalue weighted by Gasteiger charge is -2.20. The second kappa shape index (κ2) is 10.1. The summed E-state index contributed by atoms with van der Waals surface area (Å²) < 4.78 is 5.62. The lowest BCUT2D eigenvalue weighted by molar-refractivity contribution is -0.123. The van der Waals surface area contributed by atoms with Gasteiger partial charge < -0.3 is 10.1 Å². The smallest absolute Gasteiger partial charge is 0.222 e. The quantitative estimate of drug-likeness (QED) is 0.614. The van der Waals surface area contributed by atoms with E-state index in [1.807, 2.05) is 69.3 Å². The van der Waals surface area contributed by atoms with Crippen molar-refractivity contribution in [1.29, 1.82) is 0 Å². The average molecular weight is 408 g/mol. The molecule has 0 radical (unpaired) electrons. The zero-order valence-corrected chi connectivity index (χ0v) is 17.6. The molecule has 0 unspecified atom stereocenters. The summed E-state index contributed by atoms with van der Waals surface area (Å²) in [7, 11) is 0. The topological polar surface area (TPSA) is 38.3 Å². The first-order valence-corrected chi connectivity index (χ1v) is 9.89. The molecule has 0 heterocycles. The number of benzene rings is 2. The summed E-state index contributed by atoms with van der Waals surface area (Å²) in [6.45, 7) is 6.91. The molecule has 2 aromatic rings. The highest BCUT2D eigenvalue weighted by Crippen LogP contribution is 2.23. The fraction of sp³-hybridized carbons (Fsp3) is 0.409. The van der Waals surface area contributed by atoms with Gasteiger partial charge in [0.05, 0.1) is 12.2 Å². The molecule has 0 spiro atoms. The van der Waals surface area contributed by atoms with Gasteiger partial charge in [0.1, 0.15) is 0 Å². The largest absolute Gasteiger partial charge is 0.375 e. The van der Waals surface area contributed by atoms with Crippen LogP contribution in [0.5, 0.6) is 0 Å². The Bertz CT molecular complexity index is 721. The molecule has 2 aromatic carbocycles. The third kappa shape index (κ3) is 8.34. The van der Waals surface area contributed by atoms with Gasteiger partial charge in [0.15, 0.2) is 0 Å². The molecule has 1 N–H and O–H groups in total. The minimum absolute atomic E-state index is 0.00526. The monoisotopic (exact) mass is 407 g/mol. The van der Waals surface area contributed by atoms with Crippen LogP contribution in [0.15, 0.2) is 48.5 Å². The summed E-state index contributed by atoms with van der Waals surface area (Å²) in [6, 6.07) is 15.6. The Kier molecular flexibility index (Phi) is 8.15. The Morgan fingerprint density at radius 2 is 1.56 bits per heavy atom. The van der Waals surface area contributed by atoms with Crippen molar-refractivity contribution in [1.82, 2.24) is 5.32 Å². The summed E-state index contributed by atoms with van der Waals surface area (Å²) in [5.74, 6) is 0.144. The second-order valence-electron chi connectivity index (χ2n) is 7.59. The molecule has 0 saturated carbocycles. The van der Waals surface area contributed by atoms with E-state index in [9.17, 15) is 4.79 Å². The van der Waals surface area contributed by atoms with E-state index in [1.54, 1.807) is 0 Å². The van der Waals surface area contributed by atoms with Crippen LogP contribution in [0.25, 0.3) is 0 Å². The maximum absolute atomic E-state index is 12.2. The van der Waals surface area contributed by atoms with Crippen molar-refractivity contribution in [3.63, 3.8) is 0 Å². The lowest BCUT2D eigenvalue weighted by Crippen LogP contribution is -2.31. The van der Waals surface area contributed by atoms with E-state index < -0.39 is 0 Å². The normalized spacial score (nSPS) is 12.6. The molecule has 1 atom stereocenters. The Morgan fingerprint density at radius 3 is 2.11 bits per heavy atom. The van der Waals surface area contributed by atoms with Gasteiger partial charge in [-0.25, -0.2) is 0 Å². The van der Waals surface area contributed by atoms with Crippen LogP contribution < -0.4 is 5.32 Å². The predicted molar refractivity (Wildman–Crippen MR) is 113 cm³/mol. The molecule has 0 aliphatic heterocycles. The first kappa shape index (κ1) is 21.7. The molecule has 5 heteroatoms. The number of ether oxygens (including phenoxy) is 1. The van der Waals surface area contributed by atoms with Crippen LogP contribution in [0, 0.1) is 0 Å². The third-order valence-corrected chi connectivity index (χ3v) is 4.65. The Labute approximate surface area is 172 Å². The molecule has 0 aliphatic rings. The van der Waals surface area contributed by atoms with E-state index in [0.717, 1.165) is 12.0 Å². The molecule has 27 heavy (non-hydrogen) atoms. The van der Waals surface area contributed by atoms with E-state index in [2.05, 4.69) is 5.32 Å². The number of carbonyl (C=O) groups is 1. The molecule has 3 nitrogen and oxygen atoms in total. The van der Waals surface area contributed by atoms with Gasteiger partial charge in [-0.3, -0.25) is 4.79 Å². The van der Waals surface area contributed by atoms with Crippen molar-refractivity contribution in [2.45, 2.75) is 45.1 Å². The standard InChI is InChI=1S/C22H27Cl2NO2/c1-22(2,3)27-13-12-21(26)25-15-18(17-6-10-20(24)11-7-17)14-16-4-8-19(23)9-5-16/h4-11,18H,12-15H2,1-3H3,(H,25,26)/t18-/m0/s1. The molecule has 0 saturated heterocycles. The number of halogens is 2. The number of nitrogens with one attached hydrogen (secondary N) is 1. The van der Waals surface area contributed by atoms with Gasteiger partial charge in [-0.15, -0.1) is 0 Å². The van der Waals surface area contributed by atoms with Crippen LogP contribution in [-0.4, -0.2) is 24.7 Å². The molecule has 2 rings (SSSR count). The van der Waals surface area contributed by atoms with E-state index in [0.29, 0.717) is 29.6 Å². The molecule has 146 valence electrons. The van der Waals surface area contributed by atoms with Crippen LogP contribution in [0.3, 0.4) is 0 Å². The zero-order chi connectivity index (χ0) is 19.9. The second-order valence-corrected chi connectivity index (χ2v) is 8.47. The number of hydrogen-bond acceptors (Lipinski definition) is 2. The van der Waals surface area contributed by atoms with Gasteiger partial charge in [0.2, 0.25) is 5.91 Å². The van der Waals surface area contributed by atoms with Crippen molar-refractivity contribution in [2.24, 2.45) is 0 Å². The van der Waals surface area contributed by atoms with Crippen LogP contribution in [0.4, 0.5) is 0 Å². The van der Waals surface area contributed by atoms with Crippen LogP contribution in [0.2, 0.25) is 10.0 Å². The van der Waals surface area contributed by atoms with Crippen LogP contribution in [0.1, 0.15) is 44.2 Å². The van der Waals surface area contributed by atoms with Crippen LogP contribution >= 0.6 is 23.2 Å². The van der Waals surface area contributed by atoms with Crippen molar-refractivity contribution in [3.05, 3.63) is 69.7 Å². The first-order valence-electron chi connectivity index (χ1n) is 9.13. The Hall–Kier alpha value is -1.55. The maximum atomic E-state index is 12.2. The van der Waals surface area contributed by atoms with Crippen molar-refractivity contribution >= 4 is 29.1 Å². The fourth-order valence-corrected chi connectivity index (χ4v) is 2.98. The van der Waals surface area contributed by atoms with Crippen LogP contribution in [-0.2, 0) is 16.0 Å². The highest BCUT2D eigenvalue weighted by atomic mass is 35.5. The summed E-state index contributed by atoms with van der Waals surface area (Å²) in [6.07, 6.45) is 1.16. The number of carbonyl (C=O) groups excluding carboxylic acids is 1. The average Bonchev–Trinajstić information content (AvgIpc) is 2.60. The number of rotatable bonds is 8. The maximum Gasteiger partial charge on any atom is 0.222 e. The summed E-state index contributed by atoms with van der Waals surface area (Å²) in [5, 5.41) is 4.45.